The van der Waals surface area contributed by atoms with E-state index in [1.165, 1.54) is 12.1 Å². The summed E-state index contributed by atoms with van der Waals surface area (Å²) in [6.45, 7) is 13.6. The number of nitrogens with zero attached hydrogens (tertiary/aromatic N) is 4. The van der Waals surface area contributed by atoms with E-state index in [0.717, 1.165) is 0 Å². The molecule has 0 atom stereocenters. The fourth-order valence-corrected chi connectivity index (χ4v) is 2.44. The average Bonchev–Trinajstić information content (AvgIpc) is 2.46. The molecule has 0 aliphatic rings. The van der Waals surface area contributed by atoms with E-state index < -0.39 is 42.4 Å². The van der Waals surface area contributed by atoms with Crippen LogP contribution in [-0.4, -0.2) is 0 Å². The van der Waals surface area contributed by atoms with Crippen LogP contribution >= 0.6 is 31.9 Å². The molecular weight excluding hydrogens is 398 g/mol. The van der Waals surface area contributed by atoms with Crippen molar-refractivity contribution in [3.05, 3.63) is 53.9 Å². The lowest BCUT2D eigenvalue weighted by Crippen LogP contribution is -2.25. The van der Waals surface area contributed by atoms with Crippen molar-refractivity contribution in [2.45, 2.75) is 0 Å². The summed E-state index contributed by atoms with van der Waals surface area (Å²) >= 11 is 5.50. The van der Waals surface area contributed by atoms with Crippen molar-refractivity contribution < 1.29 is 8.78 Å². The first kappa shape index (κ1) is 15.8. The van der Waals surface area contributed by atoms with Gasteiger partial charge in [0.1, 0.15) is 11.6 Å². The maximum absolute atomic E-state index is 14.2. The van der Waals surface area contributed by atoms with Gasteiger partial charge in [0.25, 0.3) is 11.4 Å². The third-order valence-corrected chi connectivity index (χ3v) is 3.66. The van der Waals surface area contributed by atoms with Crippen LogP contribution in [0.2, 0.25) is 0 Å². The van der Waals surface area contributed by atoms with Crippen molar-refractivity contribution in [3.8, 4) is 12.1 Å². The Hall–Kier alpha value is -2.26. The highest BCUT2D eigenvalue weighted by Gasteiger charge is 2.19. The molecule has 1 aromatic carbocycles. The summed E-state index contributed by atoms with van der Waals surface area (Å²) in [5, 5.41) is 16.4. The predicted octanol–water partition coefficient (Wildman–Crippen LogP) is 2.59. The summed E-state index contributed by atoms with van der Waals surface area (Å²) < 4.78 is 27.4. The smallest absolute Gasteiger partial charge is 0.226 e. The topological polar surface area (TPSA) is 56.3 Å². The van der Waals surface area contributed by atoms with E-state index in [2.05, 4.69) is 41.5 Å². The van der Waals surface area contributed by atoms with Gasteiger partial charge in [0.05, 0.1) is 34.2 Å². The highest BCUT2D eigenvalue weighted by Crippen LogP contribution is 2.17. The van der Waals surface area contributed by atoms with E-state index in [0.29, 0.717) is 0 Å². The third-order valence-electron chi connectivity index (χ3n) is 2.17. The summed E-state index contributed by atoms with van der Waals surface area (Å²) in [7, 11) is 0. The predicted molar refractivity (Wildman–Crippen MR) is 72.3 cm³/mol. The molecule has 0 N–H and O–H groups in total. The Labute approximate surface area is 128 Å². The molecule has 0 aromatic heterocycles. The minimum atomic E-state index is -1.10. The first-order valence-corrected chi connectivity index (χ1v) is 6.18. The van der Waals surface area contributed by atoms with Gasteiger partial charge >= 0.3 is 0 Å². The Morgan fingerprint density at radius 3 is 1.40 bits per heavy atom. The lowest BCUT2D eigenvalue weighted by molar-refractivity contribution is 0.572. The largest absolute Gasteiger partial charge is 0.273 e. The molecule has 0 saturated heterocycles. The molecule has 4 nitrogen and oxygen atoms in total. The first-order chi connectivity index (χ1) is 9.44. The van der Waals surface area contributed by atoms with Gasteiger partial charge in [-0.05, 0) is 31.9 Å². The zero-order valence-corrected chi connectivity index (χ0v) is 12.5. The monoisotopic (exact) mass is 396 g/mol. The van der Waals surface area contributed by atoms with Gasteiger partial charge in [0, 0.05) is 10.4 Å². The minimum absolute atomic E-state index is 0.489. The van der Waals surface area contributed by atoms with E-state index in [9.17, 15) is 8.78 Å². The molecule has 0 heterocycles. The molecule has 0 fully saturated rings. The maximum atomic E-state index is 14.2. The second-order valence-electron chi connectivity index (χ2n) is 3.15. The van der Waals surface area contributed by atoms with Crippen molar-refractivity contribution in [1.29, 1.82) is 10.5 Å². The second kappa shape index (κ2) is 6.26. The zero-order chi connectivity index (χ0) is 15.4. The van der Waals surface area contributed by atoms with E-state index in [1.807, 2.05) is 0 Å². The Kier molecular flexibility index (Phi) is 4.94. The van der Waals surface area contributed by atoms with Crippen molar-refractivity contribution in [1.82, 2.24) is 0 Å². The third kappa shape index (κ3) is 2.40. The Morgan fingerprint density at radius 2 is 1.20 bits per heavy atom. The molecular formula is C12Br2F2N4. The van der Waals surface area contributed by atoms with Gasteiger partial charge in [-0.2, -0.15) is 0 Å². The summed E-state index contributed by atoms with van der Waals surface area (Å²) in [6.07, 6.45) is 0. The lowest BCUT2D eigenvalue weighted by Gasteiger charge is -2.04. The van der Waals surface area contributed by atoms with Gasteiger partial charge in [-0.15, -0.1) is 0 Å². The number of benzene rings is 1. The van der Waals surface area contributed by atoms with Crippen LogP contribution in [0, 0.1) is 47.4 Å². The summed E-state index contributed by atoms with van der Waals surface area (Å²) in [5.41, 5.74) is -1.30. The molecule has 0 amide bonds. The van der Waals surface area contributed by atoms with Crippen molar-refractivity contribution in [2.75, 3.05) is 0 Å². The van der Waals surface area contributed by atoms with Gasteiger partial charge in [0.15, 0.2) is 0 Å². The molecule has 0 bridgehead atoms. The van der Waals surface area contributed by atoms with E-state index in [4.69, 9.17) is 23.7 Å². The molecule has 0 saturated carbocycles. The highest BCUT2D eigenvalue weighted by molar-refractivity contribution is 9.11. The number of rotatable bonds is 0. The Morgan fingerprint density at radius 1 is 0.900 bits per heavy atom. The van der Waals surface area contributed by atoms with Crippen LogP contribution in [0.5, 0.6) is 0 Å². The van der Waals surface area contributed by atoms with E-state index >= 15 is 0 Å². The number of nitriles is 2. The van der Waals surface area contributed by atoms with Crippen LogP contribution in [-0.2, 0) is 0 Å². The molecule has 0 unspecified atom stereocenters. The molecule has 1 aromatic rings. The molecule has 20 heavy (non-hydrogen) atoms. The summed E-state index contributed by atoms with van der Waals surface area (Å²) in [4.78, 5) is 5.62. The van der Waals surface area contributed by atoms with Gasteiger partial charge in [-0.25, -0.2) is 29.0 Å². The highest BCUT2D eigenvalue weighted by atomic mass is 79.9. The van der Waals surface area contributed by atoms with Gasteiger partial charge < -0.3 is 0 Å². The fraction of sp³-hybridized carbons (Fsp3) is 0. The zero-order valence-electron chi connectivity index (χ0n) is 9.30. The molecule has 0 aliphatic heterocycles. The Balaban J connectivity index is 4.35. The number of hydrogen-bond acceptors (Lipinski definition) is 2. The van der Waals surface area contributed by atoms with E-state index in [-0.39, 0.29) is 0 Å². The fourth-order valence-electron chi connectivity index (χ4n) is 1.32. The number of hydrogen-bond donors (Lipinski definition) is 0. The van der Waals surface area contributed by atoms with Gasteiger partial charge in [-0.3, -0.25) is 0 Å². The molecule has 96 valence electrons. The summed E-state index contributed by atoms with van der Waals surface area (Å²) in [5.74, 6) is -2.20. The first-order valence-electron chi connectivity index (χ1n) is 4.60. The molecule has 8 heteroatoms. The van der Waals surface area contributed by atoms with E-state index in [1.54, 1.807) is 0 Å². The second-order valence-corrected chi connectivity index (χ2v) is 4.74. The van der Waals surface area contributed by atoms with Crippen LogP contribution in [0.1, 0.15) is 0 Å². The average molecular weight is 398 g/mol. The molecule has 1 rings (SSSR count). The van der Waals surface area contributed by atoms with Crippen LogP contribution in [0.15, 0.2) is 8.95 Å². The SMILES string of the molecule is [C-]#[N+]/C(C#N)=c1/c(F)c(Br)/c(=C(\C#N)[N+]#[C-])c(F)c1Br. The molecule has 0 spiro atoms. The van der Waals surface area contributed by atoms with Gasteiger partial charge in [0.2, 0.25) is 0 Å². The minimum Gasteiger partial charge on any atom is -0.226 e. The maximum Gasteiger partial charge on any atom is 0.273 e. The van der Waals surface area contributed by atoms with Crippen LogP contribution in [0.4, 0.5) is 8.78 Å². The van der Waals surface area contributed by atoms with Crippen molar-refractivity contribution >= 4 is 43.3 Å². The van der Waals surface area contributed by atoms with Crippen LogP contribution in [0.25, 0.3) is 21.1 Å². The standard InChI is InChI=1S/C12Br2F2N4/c1-19-5(3-17)7-9(13)12(16)8(6(4-18)20-2)10(14)11(7)15/b7-5-,8-6+. The summed E-state index contributed by atoms with van der Waals surface area (Å²) in [6, 6.07) is 2.91. The lowest BCUT2D eigenvalue weighted by atomic mass is 10.2. The number of halogens is 4. The normalized spacial score (nSPS) is 12.4. The van der Waals surface area contributed by atoms with Crippen LogP contribution in [0.3, 0.4) is 0 Å². The Bertz CT molecular complexity index is 750. The van der Waals surface area contributed by atoms with Crippen LogP contribution < -0.4 is 10.4 Å². The molecule has 0 radical (unpaired) electrons. The quantitative estimate of drug-likeness (QED) is 0.499. The molecule has 0 aliphatic carbocycles. The van der Waals surface area contributed by atoms with Crippen molar-refractivity contribution in [2.24, 2.45) is 0 Å². The van der Waals surface area contributed by atoms with Crippen molar-refractivity contribution in [3.63, 3.8) is 0 Å². The van der Waals surface area contributed by atoms with Gasteiger partial charge in [-0.1, -0.05) is 0 Å².